The maximum atomic E-state index is 12.7. The average Bonchev–Trinajstić information content (AvgIpc) is 3.38. The molecule has 1 aliphatic heterocycles. The summed E-state index contributed by atoms with van der Waals surface area (Å²) in [6, 6.07) is 7.38. The van der Waals surface area contributed by atoms with Crippen LogP contribution in [0.5, 0.6) is 0 Å². The Kier molecular flexibility index (Phi) is 8.14. The fourth-order valence-corrected chi connectivity index (χ4v) is 4.19. The van der Waals surface area contributed by atoms with Gasteiger partial charge in [-0.15, -0.1) is 10.2 Å². The Hall–Kier alpha value is -4.46. The summed E-state index contributed by atoms with van der Waals surface area (Å²) in [6.45, 7) is 6.89. The molecule has 1 aromatic carbocycles. The van der Waals surface area contributed by atoms with E-state index in [2.05, 4.69) is 25.2 Å². The van der Waals surface area contributed by atoms with E-state index in [1.165, 1.54) is 25.3 Å². The smallest absolute Gasteiger partial charge is 0.303 e. The van der Waals surface area contributed by atoms with Gasteiger partial charge in [0.1, 0.15) is 18.5 Å². The Balaban J connectivity index is 1.86. The van der Waals surface area contributed by atoms with Gasteiger partial charge in [-0.05, 0) is 31.0 Å². The van der Waals surface area contributed by atoms with E-state index >= 15 is 0 Å². The fraction of sp³-hybridized carbons (Fsp3) is 0.440. The predicted molar refractivity (Wildman–Crippen MR) is 135 cm³/mol. The number of H-pyrrole nitrogens is 1. The van der Waals surface area contributed by atoms with Crippen molar-refractivity contribution in [3.63, 3.8) is 0 Å². The van der Waals surface area contributed by atoms with Gasteiger partial charge in [0.2, 0.25) is 0 Å². The standard InChI is InChI=1S/C25H28N6O8/c1-6-16-7-9-17(10-8-16)29-30-25-28-19-22(26-12(2)27-23(19)35)31(25)24-21(38-15(5)34)20(37-14(4)33)18(39-24)11-36-13(3)32/h7-10,18,20-21,24H,6,11H2,1-5H3,(H,26,27,35)/t18-,20?,21?,24-/m1/s1. The third-order valence-corrected chi connectivity index (χ3v) is 5.84. The van der Waals surface area contributed by atoms with Gasteiger partial charge in [-0.2, -0.15) is 0 Å². The number of aromatic nitrogens is 4. The molecule has 3 heterocycles. The lowest BCUT2D eigenvalue weighted by Crippen LogP contribution is -2.40. The molecule has 4 rings (SSSR count). The van der Waals surface area contributed by atoms with Crippen LogP contribution in [0, 0.1) is 6.92 Å². The van der Waals surface area contributed by atoms with Gasteiger partial charge in [-0.1, -0.05) is 19.1 Å². The molecule has 4 atom stereocenters. The Morgan fingerprint density at radius 3 is 2.28 bits per heavy atom. The average molecular weight is 541 g/mol. The number of azo groups is 1. The van der Waals surface area contributed by atoms with Crippen LogP contribution in [0.3, 0.4) is 0 Å². The Morgan fingerprint density at radius 1 is 1.00 bits per heavy atom. The van der Waals surface area contributed by atoms with Gasteiger partial charge in [0.25, 0.3) is 11.5 Å². The second-order valence-corrected chi connectivity index (χ2v) is 8.84. The first-order valence-corrected chi connectivity index (χ1v) is 12.2. The first kappa shape index (κ1) is 27.6. The monoisotopic (exact) mass is 540 g/mol. The number of aromatic amines is 1. The molecule has 206 valence electrons. The van der Waals surface area contributed by atoms with E-state index in [0.29, 0.717) is 5.69 Å². The van der Waals surface area contributed by atoms with Gasteiger partial charge in [-0.3, -0.25) is 23.7 Å². The maximum absolute atomic E-state index is 12.7. The van der Waals surface area contributed by atoms with Crippen LogP contribution in [0.15, 0.2) is 39.3 Å². The molecular formula is C25H28N6O8. The second kappa shape index (κ2) is 11.5. The number of imidazole rings is 1. The molecule has 14 nitrogen and oxygen atoms in total. The lowest BCUT2D eigenvalue weighted by Gasteiger charge is -2.24. The number of aryl methyl sites for hydroxylation is 2. The number of hydrogen-bond donors (Lipinski definition) is 1. The SMILES string of the molecule is CCc1ccc(N=Nc2nc3c(=O)[nH]c(C)nc3n2[C@@H]2O[C@H](COC(C)=O)C(OC(C)=O)C2OC(C)=O)cc1. The highest BCUT2D eigenvalue weighted by Crippen LogP contribution is 2.38. The molecule has 39 heavy (non-hydrogen) atoms. The predicted octanol–water partition coefficient (Wildman–Crippen LogP) is 2.73. The van der Waals surface area contributed by atoms with Crippen LogP contribution in [0.25, 0.3) is 11.2 Å². The van der Waals surface area contributed by atoms with Gasteiger partial charge in [-0.25, -0.2) is 9.97 Å². The zero-order chi connectivity index (χ0) is 28.3. The van der Waals surface area contributed by atoms with Gasteiger partial charge in [0, 0.05) is 20.8 Å². The summed E-state index contributed by atoms with van der Waals surface area (Å²) in [7, 11) is 0. The van der Waals surface area contributed by atoms with E-state index in [0.717, 1.165) is 12.0 Å². The normalized spacial score (nSPS) is 20.8. The van der Waals surface area contributed by atoms with E-state index in [1.807, 2.05) is 19.1 Å². The summed E-state index contributed by atoms with van der Waals surface area (Å²) >= 11 is 0. The number of rotatable bonds is 8. The van der Waals surface area contributed by atoms with Crippen LogP contribution in [-0.4, -0.2) is 62.3 Å². The third-order valence-electron chi connectivity index (χ3n) is 5.84. The summed E-state index contributed by atoms with van der Waals surface area (Å²) in [5.74, 6) is -1.75. The van der Waals surface area contributed by atoms with E-state index < -0.39 is 48.0 Å². The molecule has 1 saturated heterocycles. The lowest BCUT2D eigenvalue weighted by atomic mass is 10.1. The Labute approximate surface area is 222 Å². The molecule has 0 spiro atoms. The minimum Gasteiger partial charge on any atom is -0.463 e. The van der Waals surface area contributed by atoms with Crippen molar-refractivity contribution in [3.05, 3.63) is 46.0 Å². The fourth-order valence-electron chi connectivity index (χ4n) is 4.19. The highest BCUT2D eigenvalue weighted by molar-refractivity contribution is 5.73. The number of ether oxygens (including phenoxy) is 4. The number of benzene rings is 1. The molecule has 0 amide bonds. The largest absolute Gasteiger partial charge is 0.463 e. The number of nitrogens with one attached hydrogen (secondary N) is 1. The molecule has 1 aliphatic rings. The van der Waals surface area contributed by atoms with Crippen molar-refractivity contribution in [2.75, 3.05) is 6.61 Å². The Morgan fingerprint density at radius 2 is 1.67 bits per heavy atom. The van der Waals surface area contributed by atoms with Gasteiger partial charge < -0.3 is 23.9 Å². The number of fused-ring (bicyclic) bond motifs is 1. The number of carbonyl (C=O) groups is 3. The van der Waals surface area contributed by atoms with Crippen LogP contribution in [0.4, 0.5) is 11.6 Å². The number of nitrogens with zero attached hydrogens (tertiary/aromatic N) is 5. The summed E-state index contributed by atoms with van der Waals surface area (Å²) in [5.41, 5.74) is 1.12. The second-order valence-electron chi connectivity index (χ2n) is 8.84. The summed E-state index contributed by atoms with van der Waals surface area (Å²) in [5, 5.41) is 8.50. The zero-order valence-corrected chi connectivity index (χ0v) is 22.0. The van der Waals surface area contributed by atoms with Crippen molar-refractivity contribution in [2.24, 2.45) is 10.2 Å². The lowest BCUT2D eigenvalue weighted by molar-refractivity contribution is -0.166. The number of carbonyl (C=O) groups excluding carboxylic acids is 3. The molecule has 0 aliphatic carbocycles. The Bertz CT molecular complexity index is 1480. The molecule has 14 heteroatoms. The molecule has 2 unspecified atom stereocenters. The summed E-state index contributed by atoms with van der Waals surface area (Å²) in [4.78, 5) is 59.6. The summed E-state index contributed by atoms with van der Waals surface area (Å²) < 4.78 is 23.6. The molecule has 1 fully saturated rings. The van der Waals surface area contributed by atoms with Crippen molar-refractivity contribution in [1.29, 1.82) is 0 Å². The summed E-state index contributed by atoms with van der Waals surface area (Å²) in [6.07, 6.45) is -3.80. The van der Waals surface area contributed by atoms with E-state index in [4.69, 9.17) is 18.9 Å². The molecule has 0 saturated carbocycles. The molecule has 3 aromatic rings. The first-order chi connectivity index (χ1) is 18.6. The van der Waals surface area contributed by atoms with Crippen molar-refractivity contribution >= 4 is 40.7 Å². The number of hydrogen-bond acceptors (Lipinski definition) is 12. The molecule has 2 aromatic heterocycles. The highest BCUT2D eigenvalue weighted by atomic mass is 16.7. The quantitative estimate of drug-likeness (QED) is 0.254. The van der Waals surface area contributed by atoms with Crippen LogP contribution in [0.1, 0.15) is 45.3 Å². The van der Waals surface area contributed by atoms with E-state index in [-0.39, 0.29) is 29.5 Å². The molecule has 0 radical (unpaired) electrons. The molecule has 1 N–H and O–H groups in total. The van der Waals surface area contributed by atoms with Crippen molar-refractivity contribution in [1.82, 2.24) is 19.5 Å². The van der Waals surface area contributed by atoms with Crippen LogP contribution >= 0.6 is 0 Å². The van der Waals surface area contributed by atoms with Gasteiger partial charge >= 0.3 is 17.9 Å². The van der Waals surface area contributed by atoms with Gasteiger partial charge in [0.15, 0.2) is 29.6 Å². The van der Waals surface area contributed by atoms with Gasteiger partial charge in [0.05, 0.1) is 5.69 Å². The van der Waals surface area contributed by atoms with Crippen molar-refractivity contribution < 1.29 is 33.3 Å². The minimum absolute atomic E-state index is 0.0615. The maximum Gasteiger partial charge on any atom is 0.303 e. The number of esters is 3. The van der Waals surface area contributed by atoms with E-state index in [1.54, 1.807) is 19.1 Å². The van der Waals surface area contributed by atoms with Crippen LogP contribution < -0.4 is 5.56 Å². The van der Waals surface area contributed by atoms with Crippen molar-refractivity contribution in [2.45, 2.75) is 65.6 Å². The molecular weight excluding hydrogens is 512 g/mol. The van der Waals surface area contributed by atoms with Crippen LogP contribution in [0.2, 0.25) is 0 Å². The van der Waals surface area contributed by atoms with Crippen molar-refractivity contribution in [3.8, 4) is 0 Å². The highest BCUT2D eigenvalue weighted by Gasteiger charge is 2.51. The minimum atomic E-state index is -1.23. The molecule has 0 bridgehead atoms. The topological polar surface area (TPSA) is 176 Å². The first-order valence-electron chi connectivity index (χ1n) is 12.2. The third kappa shape index (κ3) is 6.17. The van der Waals surface area contributed by atoms with Crippen LogP contribution in [-0.2, 0) is 39.8 Å². The zero-order valence-electron chi connectivity index (χ0n) is 22.0. The van der Waals surface area contributed by atoms with E-state index in [9.17, 15) is 19.2 Å².